The van der Waals surface area contributed by atoms with Gasteiger partial charge >= 0.3 is 0 Å². The minimum Gasteiger partial charge on any atom is -0.468 e. The lowest BCUT2D eigenvalue weighted by Gasteiger charge is -2.27. The molecule has 0 amide bonds. The molecule has 1 fully saturated rings. The molecule has 1 aliphatic rings. The number of pyridine rings is 1. The van der Waals surface area contributed by atoms with Crippen molar-refractivity contribution in [3.63, 3.8) is 0 Å². The third-order valence-corrected chi connectivity index (χ3v) is 6.66. The predicted molar refractivity (Wildman–Crippen MR) is 97.1 cm³/mol. The summed E-state index contributed by atoms with van der Waals surface area (Å²) in [5.41, 5.74) is 2.40. The molecule has 4 rings (SSSR count). The monoisotopic (exact) mass is 369 g/mol. The number of hydrogen-bond acceptors (Lipinski definition) is 5. The topological polar surface area (TPSA) is 78.7 Å². The zero-order valence-electron chi connectivity index (χ0n) is 14.2. The molecule has 3 aromatic heterocycles. The van der Waals surface area contributed by atoms with Gasteiger partial charge in [-0.2, -0.15) is 5.26 Å². The van der Waals surface area contributed by atoms with Crippen molar-refractivity contribution >= 4 is 15.4 Å². The third kappa shape index (κ3) is 3.26. The largest absolute Gasteiger partial charge is 0.468 e. The van der Waals surface area contributed by atoms with Crippen LogP contribution in [0.15, 0.2) is 53.4 Å². The Kier molecular flexibility index (Phi) is 4.31. The maximum absolute atomic E-state index is 12.0. The SMILES string of the molecule is N#Cc1c(CN(Cc2ccco2)[C@H]2CCS(=O)(=O)C2)cn2ccccc12. The molecule has 7 heteroatoms. The zero-order valence-corrected chi connectivity index (χ0v) is 15.0. The number of hydrogen-bond donors (Lipinski definition) is 0. The van der Waals surface area contributed by atoms with Gasteiger partial charge in [0.05, 0.1) is 35.4 Å². The van der Waals surface area contributed by atoms with Crippen LogP contribution in [0.25, 0.3) is 5.52 Å². The van der Waals surface area contributed by atoms with Crippen LogP contribution in [0.4, 0.5) is 0 Å². The highest BCUT2D eigenvalue weighted by molar-refractivity contribution is 7.91. The van der Waals surface area contributed by atoms with E-state index in [-0.39, 0.29) is 17.5 Å². The van der Waals surface area contributed by atoms with Crippen molar-refractivity contribution in [2.24, 2.45) is 0 Å². The summed E-state index contributed by atoms with van der Waals surface area (Å²) in [6.45, 7) is 1.02. The first-order valence-corrected chi connectivity index (χ1v) is 10.3. The predicted octanol–water partition coefficient (Wildman–Crippen LogP) is 2.59. The van der Waals surface area contributed by atoms with Gasteiger partial charge in [-0.25, -0.2) is 8.42 Å². The second-order valence-electron chi connectivity index (χ2n) is 6.68. The Morgan fingerprint density at radius 3 is 2.85 bits per heavy atom. The van der Waals surface area contributed by atoms with Crippen molar-refractivity contribution in [1.82, 2.24) is 9.30 Å². The minimum absolute atomic E-state index is 0.0698. The molecule has 0 N–H and O–H groups in total. The van der Waals surface area contributed by atoms with E-state index in [0.717, 1.165) is 16.8 Å². The Labute approximate surface area is 152 Å². The van der Waals surface area contributed by atoms with Gasteiger partial charge in [0.2, 0.25) is 0 Å². The van der Waals surface area contributed by atoms with Crippen LogP contribution in [-0.2, 0) is 22.9 Å². The summed E-state index contributed by atoms with van der Waals surface area (Å²) in [6.07, 6.45) is 6.09. The van der Waals surface area contributed by atoms with Gasteiger partial charge in [-0.3, -0.25) is 4.90 Å². The maximum atomic E-state index is 12.0. The van der Waals surface area contributed by atoms with Crippen LogP contribution in [0.2, 0.25) is 0 Å². The first kappa shape index (κ1) is 16.9. The first-order valence-electron chi connectivity index (χ1n) is 8.51. The molecular weight excluding hydrogens is 350 g/mol. The smallest absolute Gasteiger partial charge is 0.151 e. The fourth-order valence-electron chi connectivity index (χ4n) is 3.63. The summed E-state index contributed by atoms with van der Waals surface area (Å²) in [7, 11) is -2.99. The highest BCUT2D eigenvalue weighted by atomic mass is 32.2. The van der Waals surface area contributed by atoms with E-state index in [1.54, 1.807) is 6.26 Å². The molecule has 0 aromatic carbocycles. The van der Waals surface area contributed by atoms with E-state index >= 15 is 0 Å². The number of nitrogens with zero attached hydrogens (tertiary/aromatic N) is 3. The highest BCUT2D eigenvalue weighted by Crippen LogP contribution is 2.25. The van der Waals surface area contributed by atoms with Gasteiger partial charge in [-0.15, -0.1) is 0 Å². The molecule has 6 nitrogen and oxygen atoms in total. The van der Waals surface area contributed by atoms with E-state index in [1.165, 1.54) is 0 Å². The molecule has 0 unspecified atom stereocenters. The lowest BCUT2D eigenvalue weighted by molar-refractivity contribution is 0.179. The Morgan fingerprint density at radius 2 is 2.15 bits per heavy atom. The molecule has 1 aliphatic heterocycles. The second-order valence-corrected chi connectivity index (χ2v) is 8.90. The molecule has 0 saturated carbocycles. The van der Waals surface area contributed by atoms with E-state index in [2.05, 4.69) is 11.0 Å². The molecule has 0 radical (unpaired) electrons. The van der Waals surface area contributed by atoms with Crippen LogP contribution >= 0.6 is 0 Å². The van der Waals surface area contributed by atoms with Gasteiger partial charge in [0.15, 0.2) is 9.84 Å². The molecule has 134 valence electrons. The van der Waals surface area contributed by atoms with Crippen molar-refractivity contribution in [3.05, 3.63) is 65.9 Å². The Morgan fingerprint density at radius 1 is 1.27 bits per heavy atom. The van der Waals surface area contributed by atoms with E-state index in [1.807, 2.05) is 47.1 Å². The van der Waals surface area contributed by atoms with E-state index < -0.39 is 9.84 Å². The summed E-state index contributed by atoms with van der Waals surface area (Å²) in [6, 6.07) is 11.7. The molecular formula is C19H19N3O3S. The Bertz CT molecular complexity index is 1060. The number of furan rings is 1. The average molecular weight is 369 g/mol. The van der Waals surface area contributed by atoms with Crippen LogP contribution in [0.1, 0.15) is 23.3 Å². The number of aromatic nitrogens is 1. The Hall–Kier alpha value is -2.56. The van der Waals surface area contributed by atoms with Gasteiger partial charge in [-0.05, 0) is 30.7 Å². The van der Waals surface area contributed by atoms with Gasteiger partial charge < -0.3 is 8.82 Å². The van der Waals surface area contributed by atoms with Crippen molar-refractivity contribution in [2.75, 3.05) is 11.5 Å². The normalized spacial score (nSPS) is 19.2. The average Bonchev–Trinajstić information content (AvgIpc) is 3.32. The summed E-state index contributed by atoms with van der Waals surface area (Å²) in [4.78, 5) is 2.11. The number of fused-ring (bicyclic) bond motifs is 1. The van der Waals surface area contributed by atoms with E-state index in [4.69, 9.17) is 4.42 Å². The van der Waals surface area contributed by atoms with Crippen molar-refractivity contribution < 1.29 is 12.8 Å². The first-order chi connectivity index (χ1) is 12.6. The van der Waals surface area contributed by atoms with Gasteiger partial charge in [0.1, 0.15) is 11.8 Å². The molecule has 26 heavy (non-hydrogen) atoms. The molecule has 3 aromatic rings. The minimum atomic E-state index is -2.99. The van der Waals surface area contributed by atoms with Crippen molar-refractivity contribution in [3.8, 4) is 6.07 Å². The van der Waals surface area contributed by atoms with Crippen LogP contribution in [0.3, 0.4) is 0 Å². The molecule has 4 heterocycles. The van der Waals surface area contributed by atoms with E-state index in [9.17, 15) is 13.7 Å². The fraction of sp³-hybridized carbons (Fsp3) is 0.316. The summed E-state index contributed by atoms with van der Waals surface area (Å²) in [5.74, 6) is 1.16. The number of sulfone groups is 1. The fourth-order valence-corrected chi connectivity index (χ4v) is 5.39. The zero-order chi connectivity index (χ0) is 18.1. The van der Waals surface area contributed by atoms with Crippen LogP contribution in [-0.4, -0.2) is 35.3 Å². The van der Waals surface area contributed by atoms with E-state index in [0.29, 0.717) is 25.1 Å². The van der Waals surface area contributed by atoms with Gasteiger partial charge in [0.25, 0.3) is 0 Å². The van der Waals surface area contributed by atoms with Crippen LogP contribution in [0.5, 0.6) is 0 Å². The highest BCUT2D eigenvalue weighted by Gasteiger charge is 2.33. The molecule has 0 spiro atoms. The second kappa shape index (κ2) is 6.63. The summed E-state index contributed by atoms with van der Waals surface area (Å²) < 4.78 is 31.3. The molecule has 1 saturated heterocycles. The number of nitriles is 1. The van der Waals surface area contributed by atoms with Gasteiger partial charge in [-0.1, -0.05) is 6.07 Å². The lowest BCUT2D eigenvalue weighted by Crippen LogP contribution is -2.35. The molecule has 0 aliphatic carbocycles. The third-order valence-electron chi connectivity index (χ3n) is 4.91. The number of rotatable bonds is 5. The Balaban J connectivity index is 1.67. The van der Waals surface area contributed by atoms with Crippen LogP contribution < -0.4 is 0 Å². The summed E-state index contributed by atoms with van der Waals surface area (Å²) in [5, 5.41) is 9.63. The lowest BCUT2D eigenvalue weighted by atomic mass is 10.1. The van der Waals surface area contributed by atoms with Crippen LogP contribution in [0, 0.1) is 11.3 Å². The summed E-state index contributed by atoms with van der Waals surface area (Å²) >= 11 is 0. The molecule has 1 atom stereocenters. The van der Waals surface area contributed by atoms with Gasteiger partial charge in [0, 0.05) is 30.5 Å². The quantitative estimate of drug-likeness (QED) is 0.691. The standard InChI is InChI=1S/C19H19N3O3S/c20-10-18-15(11-21-7-2-1-5-19(18)21)12-22(13-17-4-3-8-25-17)16-6-9-26(23,24)14-16/h1-5,7-8,11,16H,6,9,12-14H2/t16-/m0/s1. The van der Waals surface area contributed by atoms with Crippen molar-refractivity contribution in [2.45, 2.75) is 25.6 Å². The maximum Gasteiger partial charge on any atom is 0.151 e. The molecule has 0 bridgehead atoms. The van der Waals surface area contributed by atoms with Crippen molar-refractivity contribution in [1.29, 1.82) is 5.26 Å².